The van der Waals surface area contributed by atoms with Crippen LogP contribution in [0.1, 0.15) is 10.4 Å². The number of para-hydroxylation sites is 1. The SMILES string of the molecule is O=S(=O)(c1ccc(N=Cc2cccs2)cc1)N1CCc2ccccc21. The molecule has 4 nitrogen and oxygen atoms in total. The summed E-state index contributed by atoms with van der Waals surface area (Å²) in [4.78, 5) is 5.73. The smallest absolute Gasteiger partial charge is 0.264 e. The fourth-order valence-electron chi connectivity index (χ4n) is 2.89. The van der Waals surface area contributed by atoms with E-state index < -0.39 is 10.0 Å². The summed E-state index contributed by atoms with van der Waals surface area (Å²) in [5.41, 5.74) is 2.58. The van der Waals surface area contributed by atoms with Crippen LogP contribution in [0.3, 0.4) is 0 Å². The molecule has 3 aromatic rings. The molecule has 2 heterocycles. The number of rotatable bonds is 4. The topological polar surface area (TPSA) is 49.7 Å². The van der Waals surface area contributed by atoms with E-state index in [0.29, 0.717) is 11.4 Å². The van der Waals surface area contributed by atoms with Crippen molar-refractivity contribution in [2.75, 3.05) is 10.8 Å². The van der Waals surface area contributed by atoms with E-state index in [1.165, 1.54) is 4.31 Å². The highest BCUT2D eigenvalue weighted by atomic mass is 32.2. The highest BCUT2D eigenvalue weighted by Crippen LogP contribution is 2.33. The number of sulfonamides is 1. The highest BCUT2D eigenvalue weighted by molar-refractivity contribution is 7.92. The van der Waals surface area contributed by atoms with Gasteiger partial charge in [-0.3, -0.25) is 9.30 Å². The minimum Gasteiger partial charge on any atom is -0.266 e. The lowest BCUT2D eigenvalue weighted by Crippen LogP contribution is -2.29. The van der Waals surface area contributed by atoms with Gasteiger partial charge in [-0.15, -0.1) is 11.3 Å². The second-order valence-corrected chi connectivity index (χ2v) is 8.56. The maximum absolute atomic E-state index is 12.9. The third-order valence-electron chi connectivity index (χ3n) is 4.15. The summed E-state index contributed by atoms with van der Waals surface area (Å²) in [6, 6.07) is 18.3. The standard InChI is InChI=1S/C19H16N2O2S2/c22-25(23,21-12-11-15-4-1-2-6-19(15)21)18-9-7-16(8-10-18)20-14-17-5-3-13-24-17/h1-10,13-14H,11-12H2. The number of thiophene rings is 1. The molecule has 2 aromatic carbocycles. The average Bonchev–Trinajstić information content (AvgIpc) is 3.30. The van der Waals surface area contributed by atoms with Crippen LogP contribution in [0.25, 0.3) is 0 Å². The fourth-order valence-corrected chi connectivity index (χ4v) is 4.98. The molecular weight excluding hydrogens is 352 g/mol. The molecule has 0 atom stereocenters. The van der Waals surface area contributed by atoms with Crippen LogP contribution < -0.4 is 4.31 Å². The Kier molecular flexibility index (Phi) is 4.15. The normalized spacial score (nSPS) is 14.2. The fraction of sp³-hybridized carbons (Fsp3) is 0.105. The van der Waals surface area contributed by atoms with Crippen LogP contribution in [0.4, 0.5) is 11.4 Å². The predicted molar refractivity (Wildman–Crippen MR) is 103 cm³/mol. The van der Waals surface area contributed by atoms with Gasteiger partial charge in [0.15, 0.2) is 0 Å². The summed E-state index contributed by atoms with van der Waals surface area (Å²) in [6.07, 6.45) is 2.53. The van der Waals surface area contributed by atoms with E-state index in [2.05, 4.69) is 4.99 Å². The average molecular weight is 368 g/mol. The van der Waals surface area contributed by atoms with Gasteiger partial charge in [-0.1, -0.05) is 24.3 Å². The molecule has 0 aliphatic carbocycles. The molecule has 0 saturated heterocycles. The van der Waals surface area contributed by atoms with Gasteiger partial charge in [0.2, 0.25) is 0 Å². The maximum Gasteiger partial charge on any atom is 0.264 e. The van der Waals surface area contributed by atoms with Crippen molar-refractivity contribution in [2.24, 2.45) is 4.99 Å². The Hall–Kier alpha value is -2.44. The quantitative estimate of drug-likeness (QED) is 0.647. The van der Waals surface area contributed by atoms with Gasteiger partial charge in [0.05, 0.1) is 16.3 Å². The van der Waals surface area contributed by atoms with E-state index in [4.69, 9.17) is 0 Å². The first-order valence-corrected chi connectivity index (χ1v) is 10.2. The number of aliphatic imine (C=N–C) groups is 1. The van der Waals surface area contributed by atoms with Gasteiger partial charge in [0, 0.05) is 17.6 Å². The molecule has 0 fully saturated rings. The summed E-state index contributed by atoms with van der Waals surface area (Å²) in [5.74, 6) is 0. The predicted octanol–water partition coefficient (Wildman–Crippen LogP) is 4.25. The molecule has 25 heavy (non-hydrogen) atoms. The lowest BCUT2D eigenvalue weighted by molar-refractivity contribution is 0.592. The Morgan fingerprint density at radius 2 is 1.80 bits per heavy atom. The first-order valence-electron chi connectivity index (χ1n) is 7.93. The third-order valence-corrected chi connectivity index (χ3v) is 6.79. The van der Waals surface area contributed by atoms with Crippen LogP contribution in [-0.2, 0) is 16.4 Å². The van der Waals surface area contributed by atoms with Gasteiger partial charge in [-0.2, -0.15) is 0 Å². The molecule has 0 N–H and O–H groups in total. The van der Waals surface area contributed by atoms with Crippen molar-refractivity contribution in [1.82, 2.24) is 0 Å². The van der Waals surface area contributed by atoms with Crippen molar-refractivity contribution >= 4 is 38.9 Å². The zero-order chi connectivity index (χ0) is 17.3. The Bertz CT molecular complexity index is 1010. The van der Waals surface area contributed by atoms with Gasteiger partial charge in [0.25, 0.3) is 10.0 Å². The van der Waals surface area contributed by atoms with Crippen molar-refractivity contribution in [1.29, 1.82) is 0 Å². The van der Waals surface area contributed by atoms with Gasteiger partial charge in [-0.25, -0.2) is 8.42 Å². The molecule has 0 spiro atoms. The molecule has 1 aliphatic rings. The van der Waals surface area contributed by atoms with E-state index in [-0.39, 0.29) is 0 Å². The minimum absolute atomic E-state index is 0.291. The first-order chi connectivity index (χ1) is 12.1. The summed E-state index contributed by atoms with van der Waals surface area (Å²) in [6.45, 7) is 0.486. The number of hydrogen-bond donors (Lipinski definition) is 0. The van der Waals surface area contributed by atoms with E-state index in [9.17, 15) is 8.42 Å². The highest BCUT2D eigenvalue weighted by Gasteiger charge is 2.30. The molecule has 0 saturated carbocycles. The molecule has 0 bridgehead atoms. The zero-order valence-corrected chi connectivity index (χ0v) is 15.0. The van der Waals surface area contributed by atoms with Gasteiger partial charge in [0.1, 0.15) is 0 Å². The molecule has 1 aromatic heterocycles. The monoisotopic (exact) mass is 368 g/mol. The molecule has 0 unspecified atom stereocenters. The van der Waals surface area contributed by atoms with E-state index >= 15 is 0 Å². The van der Waals surface area contributed by atoms with Crippen molar-refractivity contribution in [2.45, 2.75) is 11.3 Å². The molecule has 4 rings (SSSR count). The lowest BCUT2D eigenvalue weighted by atomic mass is 10.2. The lowest BCUT2D eigenvalue weighted by Gasteiger charge is -2.19. The number of hydrogen-bond acceptors (Lipinski definition) is 4. The van der Waals surface area contributed by atoms with Crippen molar-refractivity contribution in [3.05, 3.63) is 76.5 Å². The van der Waals surface area contributed by atoms with Crippen LogP contribution in [0.15, 0.2) is 75.9 Å². The second kappa shape index (κ2) is 6.46. The molecular formula is C19H16N2O2S2. The van der Waals surface area contributed by atoms with E-state index in [1.54, 1.807) is 41.8 Å². The van der Waals surface area contributed by atoms with Gasteiger partial charge >= 0.3 is 0 Å². The van der Waals surface area contributed by atoms with Crippen molar-refractivity contribution in [3.63, 3.8) is 0 Å². The largest absolute Gasteiger partial charge is 0.266 e. The Morgan fingerprint density at radius 3 is 2.56 bits per heavy atom. The van der Waals surface area contributed by atoms with Crippen molar-refractivity contribution in [3.8, 4) is 0 Å². The van der Waals surface area contributed by atoms with Crippen LogP contribution in [-0.4, -0.2) is 21.2 Å². The Morgan fingerprint density at radius 1 is 1.00 bits per heavy atom. The summed E-state index contributed by atoms with van der Waals surface area (Å²) in [7, 11) is -3.54. The number of fused-ring (bicyclic) bond motifs is 1. The number of nitrogens with zero attached hydrogens (tertiary/aromatic N) is 2. The number of anilines is 1. The Balaban J connectivity index is 1.59. The summed E-state index contributed by atoms with van der Waals surface area (Å²) < 4.78 is 27.4. The van der Waals surface area contributed by atoms with E-state index in [1.807, 2.05) is 41.8 Å². The number of benzene rings is 2. The molecule has 0 radical (unpaired) electrons. The third kappa shape index (κ3) is 3.10. The minimum atomic E-state index is -3.54. The molecule has 1 aliphatic heterocycles. The van der Waals surface area contributed by atoms with Crippen LogP contribution >= 0.6 is 11.3 Å². The summed E-state index contributed by atoms with van der Waals surface area (Å²) >= 11 is 1.61. The Labute approximate surface area is 151 Å². The van der Waals surface area contributed by atoms with Crippen molar-refractivity contribution < 1.29 is 8.42 Å². The van der Waals surface area contributed by atoms with Gasteiger partial charge < -0.3 is 0 Å². The molecule has 6 heteroatoms. The maximum atomic E-state index is 12.9. The van der Waals surface area contributed by atoms with E-state index in [0.717, 1.165) is 28.2 Å². The van der Waals surface area contributed by atoms with Crippen LogP contribution in [0.5, 0.6) is 0 Å². The zero-order valence-electron chi connectivity index (χ0n) is 13.4. The first kappa shape index (κ1) is 16.1. The van der Waals surface area contributed by atoms with Gasteiger partial charge in [-0.05, 0) is 53.8 Å². The molecule has 0 amide bonds. The molecule has 126 valence electrons. The summed E-state index contributed by atoms with van der Waals surface area (Å²) in [5, 5.41) is 1.99. The second-order valence-electron chi connectivity index (χ2n) is 5.72. The van der Waals surface area contributed by atoms with Crippen LogP contribution in [0.2, 0.25) is 0 Å². The van der Waals surface area contributed by atoms with Crippen LogP contribution in [0, 0.1) is 0 Å².